The summed E-state index contributed by atoms with van der Waals surface area (Å²) in [5.74, 6) is 0.497. The van der Waals surface area contributed by atoms with Crippen LogP contribution in [0.1, 0.15) is 26.0 Å². The first kappa shape index (κ1) is 17.2. The quantitative estimate of drug-likeness (QED) is 0.565. The van der Waals surface area contributed by atoms with E-state index in [0.29, 0.717) is 38.6 Å². The van der Waals surface area contributed by atoms with Crippen molar-refractivity contribution in [3.8, 4) is 0 Å². The van der Waals surface area contributed by atoms with Crippen LogP contribution in [0.15, 0.2) is 17.2 Å². The highest BCUT2D eigenvalue weighted by molar-refractivity contribution is 7.89. The minimum Gasteiger partial charge on any atom is -0.381 e. The molecular weight excluding hydrogens is 278 g/mol. The molecule has 20 heavy (non-hydrogen) atoms. The van der Waals surface area contributed by atoms with Crippen molar-refractivity contribution in [3.05, 3.63) is 18.0 Å². The fraction of sp³-hybridized carbons (Fsp3) is 0.692. The molecule has 3 N–H and O–H groups in total. The molecule has 0 aliphatic rings. The lowest BCUT2D eigenvalue weighted by Crippen LogP contribution is -2.25. The Balaban J connectivity index is 2.33. The van der Waals surface area contributed by atoms with Gasteiger partial charge < -0.3 is 15.0 Å². The summed E-state index contributed by atoms with van der Waals surface area (Å²) in [5, 5.41) is 2.96. The van der Waals surface area contributed by atoms with Gasteiger partial charge >= 0.3 is 0 Å². The zero-order chi connectivity index (χ0) is 15.0. The monoisotopic (exact) mass is 303 g/mol. The van der Waals surface area contributed by atoms with Gasteiger partial charge in [-0.1, -0.05) is 13.8 Å². The van der Waals surface area contributed by atoms with Crippen molar-refractivity contribution in [2.24, 2.45) is 5.92 Å². The van der Waals surface area contributed by atoms with Gasteiger partial charge in [0.25, 0.3) is 0 Å². The summed E-state index contributed by atoms with van der Waals surface area (Å²) in [6.45, 7) is 6.43. The van der Waals surface area contributed by atoms with Crippen molar-refractivity contribution in [3.63, 3.8) is 0 Å². The number of sulfonamides is 1. The van der Waals surface area contributed by atoms with Gasteiger partial charge in [0.2, 0.25) is 10.0 Å². The van der Waals surface area contributed by atoms with Crippen molar-refractivity contribution in [1.82, 2.24) is 15.0 Å². The molecule has 0 aromatic carbocycles. The molecule has 1 rings (SSSR count). The van der Waals surface area contributed by atoms with Gasteiger partial charge in [-0.25, -0.2) is 13.1 Å². The van der Waals surface area contributed by atoms with E-state index in [1.54, 1.807) is 6.07 Å². The Kier molecular flexibility index (Phi) is 7.22. The Hall–Kier alpha value is -0.890. The third-order valence-electron chi connectivity index (χ3n) is 2.60. The first-order valence-corrected chi connectivity index (χ1v) is 8.33. The number of aromatic amines is 1. The fourth-order valence-electron chi connectivity index (χ4n) is 1.65. The zero-order valence-corrected chi connectivity index (χ0v) is 13.2. The Morgan fingerprint density at radius 2 is 2.15 bits per heavy atom. The third kappa shape index (κ3) is 6.04. The maximum atomic E-state index is 12.0. The molecule has 1 aromatic rings. The number of hydrogen-bond donors (Lipinski definition) is 3. The smallest absolute Gasteiger partial charge is 0.242 e. The number of hydrogen-bond acceptors (Lipinski definition) is 4. The van der Waals surface area contributed by atoms with E-state index in [0.717, 1.165) is 5.69 Å². The topological polar surface area (TPSA) is 83.2 Å². The van der Waals surface area contributed by atoms with Crippen LogP contribution >= 0.6 is 0 Å². The van der Waals surface area contributed by atoms with Gasteiger partial charge in [0.05, 0.1) is 4.90 Å². The first-order valence-electron chi connectivity index (χ1n) is 6.85. The number of ether oxygens (including phenoxy) is 1. The van der Waals surface area contributed by atoms with E-state index in [1.165, 1.54) is 6.20 Å². The molecule has 0 aliphatic carbocycles. The molecule has 0 saturated heterocycles. The van der Waals surface area contributed by atoms with Crippen LogP contribution in [0.2, 0.25) is 0 Å². The van der Waals surface area contributed by atoms with E-state index < -0.39 is 10.0 Å². The van der Waals surface area contributed by atoms with E-state index in [4.69, 9.17) is 4.74 Å². The second-order valence-electron chi connectivity index (χ2n) is 5.11. The minimum absolute atomic E-state index is 0.269. The molecule has 6 nitrogen and oxygen atoms in total. The molecule has 0 amide bonds. The molecule has 0 bridgehead atoms. The molecule has 7 heteroatoms. The second-order valence-corrected chi connectivity index (χ2v) is 6.88. The van der Waals surface area contributed by atoms with Crippen LogP contribution in [0.4, 0.5) is 0 Å². The molecule has 1 heterocycles. The van der Waals surface area contributed by atoms with E-state index in [9.17, 15) is 8.42 Å². The van der Waals surface area contributed by atoms with Gasteiger partial charge in [0.15, 0.2) is 0 Å². The average Bonchev–Trinajstić information content (AvgIpc) is 2.83. The molecule has 116 valence electrons. The standard InChI is InChI=1S/C13H25N3O3S/c1-11(2)10-19-6-4-5-16-20(17,18)13-7-12(8-14-3)15-9-13/h7,9,11,14-16H,4-6,8,10H2,1-3H3. The fourth-order valence-corrected chi connectivity index (χ4v) is 2.74. The van der Waals surface area contributed by atoms with Crippen molar-refractivity contribution in [2.45, 2.75) is 31.7 Å². The Morgan fingerprint density at radius 1 is 1.40 bits per heavy atom. The molecular formula is C13H25N3O3S. The van der Waals surface area contributed by atoms with Crippen molar-refractivity contribution < 1.29 is 13.2 Å². The number of H-pyrrole nitrogens is 1. The van der Waals surface area contributed by atoms with E-state index in [-0.39, 0.29) is 4.90 Å². The van der Waals surface area contributed by atoms with Gasteiger partial charge in [0, 0.05) is 38.2 Å². The molecule has 0 aliphatic heterocycles. The first-order chi connectivity index (χ1) is 9.45. The van der Waals surface area contributed by atoms with Crippen LogP contribution in [0.5, 0.6) is 0 Å². The van der Waals surface area contributed by atoms with Gasteiger partial charge in [0.1, 0.15) is 0 Å². The molecule has 0 atom stereocenters. The van der Waals surface area contributed by atoms with Gasteiger partial charge in [-0.2, -0.15) is 0 Å². The summed E-state index contributed by atoms with van der Waals surface area (Å²) < 4.78 is 32.0. The van der Waals surface area contributed by atoms with Crippen molar-refractivity contribution in [2.75, 3.05) is 26.8 Å². The van der Waals surface area contributed by atoms with Crippen molar-refractivity contribution >= 4 is 10.0 Å². The van der Waals surface area contributed by atoms with E-state index >= 15 is 0 Å². The lowest BCUT2D eigenvalue weighted by molar-refractivity contribution is 0.108. The second kappa shape index (κ2) is 8.41. The minimum atomic E-state index is -3.43. The highest BCUT2D eigenvalue weighted by atomic mass is 32.2. The predicted molar refractivity (Wildman–Crippen MR) is 79.0 cm³/mol. The van der Waals surface area contributed by atoms with Crippen LogP contribution in [0.3, 0.4) is 0 Å². The van der Waals surface area contributed by atoms with Crippen LogP contribution in [0, 0.1) is 5.92 Å². The number of aromatic nitrogens is 1. The summed E-state index contributed by atoms with van der Waals surface area (Å²) in [4.78, 5) is 3.20. The summed E-state index contributed by atoms with van der Waals surface area (Å²) in [5.41, 5.74) is 0.841. The van der Waals surface area contributed by atoms with Crippen LogP contribution < -0.4 is 10.0 Å². The molecule has 0 saturated carbocycles. The Morgan fingerprint density at radius 3 is 2.80 bits per heavy atom. The molecule has 0 unspecified atom stereocenters. The molecule has 1 aromatic heterocycles. The van der Waals surface area contributed by atoms with E-state index in [2.05, 4.69) is 28.9 Å². The van der Waals surface area contributed by atoms with Gasteiger partial charge in [-0.05, 0) is 25.5 Å². The lowest BCUT2D eigenvalue weighted by atomic mass is 10.2. The molecule has 0 fully saturated rings. The number of nitrogens with one attached hydrogen (secondary N) is 3. The number of rotatable bonds is 10. The Bertz CT molecular complexity index is 483. The highest BCUT2D eigenvalue weighted by Gasteiger charge is 2.15. The van der Waals surface area contributed by atoms with Crippen LogP contribution in [0.25, 0.3) is 0 Å². The molecule has 0 spiro atoms. The van der Waals surface area contributed by atoms with Crippen molar-refractivity contribution in [1.29, 1.82) is 0 Å². The SMILES string of the molecule is CNCc1cc(S(=O)(=O)NCCCOCC(C)C)c[nH]1. The zero-order valence-electron chi connectivity index (χ0n) is 12.4. The largest absolute Gasteiger partial charge is 0.381 e. The lowest BCUT2D eigenvalue weighted by Gasteiger charge is -2.07. The summed E-state index contributed by atoms with van der Waals surface area (Å²) in [6, 6.07) is 1.63. The summed E-state index contributed by atoms with van der Waals surface area (Å²) >= 11 is 0. The Labute approximate surface area is 121 Å². The van der Waals surface area contributed by atoms with E-state index in [1.807, 2.05) is 7.05 Å². The third-order valence-corrected chi connectivity index (χ3v) is 4.04. The normalized spacial score (nSPS) is 12.2. The van der Waals surface area contributed by atoms with Crippen LogP contribution in [-0.4, -0.2) is 40.2 Å². The van der Waals surface area contributed by atoms with Gasteiger partial charge in [-0.15, -0.1) is 0 Å². The maximum absolute atomic E-state index is 12.0. The maximum Gasteiger partial charge on any atom is 0.242 e. The highest BCUT2D eigenvalue weighted by Crippen LogP contribution is 2.10. The summed E-state index contributed by atoms with van der Waals surface area (Å²) in [7, 11) is -1.62. The van der Waals surface area contributed by atoms with Crippen LogP contribution in [-0.2, 0) is 21.3 Å². The van der Waals surface area contributed by atoms with Gasteiger partial charge in [-0.3, -0.25) is 0 Å². The summed E-state index contributed by atoms with van der Waals surface area (Å²) in [6.07, 6.45) is 2.17. The molecule has 0 radical (unpaired) electrons. The average molecular weight is 303 g/mol. The predicted octanol–water partition coefficient (Wildman–Crippen LogP) is 1.08.